The Hall–Kier alpha value is -2.05. The fourth-order valence-electron chi connectivity index (χ4n) is 2.87. The van der Waals surface area contributed by atoms with Gasteiger partial charge in [0.15, 0.2) is 0 Å². The van der Waals surface area contributed by atoms with E-state index in [0.717, 1.165) is 22.5 Å². The molecule has 2 aromatic carbocycles. The molecule has 0 atom stereocenters. The molecule has 5 nitrogen and oxygen atoms in total. The van der Waals surface area contributed by atoms with Gasteiger partial charge in [0, 0.05) is 18.1 Å². The van der Waals surface area contributed by atoms with Crippen molar-refractivity contribution < 1.29 is 13.2 Å². The predicted molar refractivity (Wildman–Crippen MR) is 98.0 cm³/mol. The number of rotatable bonds is 4. The summed E-state index contributed by atoms with van der Waals surface area (Å²) in [6.45, 7) is 0.824. The van der Waals surface area contributed by atoms with E-state index in [2.05, 4.69) is 6.07 Å². The van der Waals surface area contributed by atoms with Crippen LogP contribution in [0.1, 0.15) is 11.1 Å². The zero-order valence-electron chi connectivity index (χ0n) is 13.8. The number of sulfonamides is 1. The number of nitrogens with zero attached hydrogens (tertiary/aromatic N) is 2. The lowest BCUT2D eigenvalue weighted by Crippen LogP contribution is -2.44. The fourth-order valence-corrected chi connectivity index (χ4v) is 3.85. The molecule has 3 rings (SSSR count). The van der Waals surface area contributed by atoms with E-state index in [1.165, 1.54) is 5.56 Å². The minimum Gasteiger partial charge on any atom is -0.336 e. The van der Waals surface area contributed by atoms with Crippen molar-refractivity contribution in [2.24, 2.45) is 0 Å². The van der Waals surface area contributed by atoms with E-state index in [4.69, 9.17) is 11.6 Å². The van der Waals surface area contributed by atoms with Crippen LogP contribution in [-0.4, -0.2) is 38.6 Å². The number of carbonyl (C=O) groups excluding carboxylic acids is 1. The highest BCUT2D eigenvalue weighted by Gasteiger charge is 2.26. The SMILES string of the molecule is CS(=O)(=O)N(CC(=O)N1CCc2cc[c]cc2C1)c1ccc(Cl)cc1. The molecule has 0 aromatic heterocycles. The molecule has 1 heterocycles. The highest BCUT2D eigenvalue weighted by molar-refractivity contribution is 7.92. The minimum atomic E-state index is -3.59. The van der Waals surface area contributed by atoms with Crippen LogP contribution in [0.15, 0.2) is 42.5 Å². The molecule has 25 heavy (non-hydrogen) atoms. The zero-order valence-corrected chi connectivity index (χ0v) is 15.3. The molecule has 1 aliphatic heterocycles. The highest BCUT2D eigenvalue weighted by atomic mass is 35.5. The molecule has 0 saturated carbocycles. The summed E-state index contributed by atoms with van der Waals surface area (Å²) in [4.78, 5) is 14.4. The molecular weight excluding hydrogens is 360 g/mol. The largest absolute Gasteiger partial charge is 0.336 e. The van der Waals surface area contributed by atoms with Gasteiger partial charge in [-0.15, -0.1) is 0 Å². The van der Waals surface area contributed by atoms with Crippen LogP contribution < -0.4 is 4.31 Å². The molecule has 7 heteroatoms. The summed E-state index contributed by atoms with van der Waals surface area (Å²) in [6, 6.07) is 15.2. The van der Waals surface area contributed by atoms with Crippen LogP contribution >= 0.6 is 11.6 Å². The zero-order chi connectivity index (χ0) is 18.0. The van der Waals surface area contributed by atoms with Gasteiger partial charge in [-0.2, -0.15) is 0 Å². The van der Waals surface area contributed by atoms with Crippen LogP contribution in [0, 0.1) is 6.07 Å². The van der Waals surface area contributed by atoms with Gasteiger partial charge in [-0.25, -0.2) is 8.42 Å². The Morgan fingerprint density at radius 3 is 2.64 bits per heavy atom. The summed E-state index contributed by atoms with van der Waals surface area (Å²) in [6.07, 6.45) is 1.85. The standard InChI is InChI=1S/C18H18ClN2O3S/c1-25(23,24)21(17-8-6-16(19)7-9-17)13-18(22)20-11-10-14-4-2-3-5-15(14)12-20/h2,4-9H,10-13H2,1H3. The number of amides is 1. The van der Waals surface area contributed by atoms with E-state index in [1.807, 2.05) is 18.2 Å². The van der Waals surface area contributed by atoms with Crippen molar-refractivity contribution in [2.75, 3.05) is 23.7 Å². The number of halogens is 1. The second kappa shape index (κ2) is 7.06. The van der Waals surface area contributed by atoms with Crippen LogP contribution in [0.5, 0.6) is 0 Å². The van der Waals surface area contributed by atoms with E-state index < -0.39 is 10.0 Å². The summed E-state index contributed by atoms with van der Waals surface area (Å²) in [5.74, 6) is -0.227. The summed E-state index contributed by atoms with van der Waals surface area (Å²) < 4.78 is 25.4. The second-order valence-corrected chi connectivity index (χ2v) is 8.35. The maximum absolute atomic E-state index is 12.7. The minimum absolute atomic E-state index is 0.227. The lowest BCUT2D eigenvalue weighted by molar-refractivity contribution is -0.130. The van der Waals surface area contributed by atoms with Crippen molar-refractivity contribution in [3.05, 3.63) is 64.7 Å². The van der Waals surface area contributed by atoms with E-state index >= 15 is 0 Å². The van der Waals surface area contributed by atoms with Crippen LogP contribution in [0.25, 0.3) is 0 Å². The molecule has 1 amide bonds. The maximum atomic E-state index is 12.7. The molecule has 0 bridgehead atoms. The first-order chi connectivity index (χ1) is 11.8. The van der Waals surface area contributed by atoms with Crippen LogP contribution in [0.3, 0.4) is 0 Å². The molecule has 0 N–H and O–H groups in total. The van der Waals surface area contributed by atoms with Gasteiger partial charge in [0.05, 0.1) is 11.9 Å². The van der Waals surface area contributed by atoms with Crippen LogP contribution in [-0.2, 0) is 27.8 Å². The van der Waals surface area contributed by atoms with E-state index in [-0.39, 0.29) is 12.5 Å². The van der Waals surface area contributed by atoms with Crippen molar-refractivity contribution in [1.29, 1.82) is 0 Å². The molecule has 0 spiro atoms. The van der Waals surface area contributed by atoms with E-state index in [9.17, 15) is 13.2 Å². The van der Waals surface area contributed by atoms with Gasteiger partial charge >= 0.3 is 0 Å². The lowest BCUT2D eigenvalue weighted by atomic mass is 10.00. The number of benzene rings is 2. The molecule has 1 radical (unpaired) electrons. The second-order valence-electron chi connectivity index (χ2n) is 6.01. The predicted octanol–water partition coefficient (Wildman–Crippen LogP) is 2.49. The smallest absolute Gasteiger partial charge is 0.243 e. The van der Waals surface area contributed by atoms with E-state index in [1.54, 1.807) is 29.2 Å². The molecule has 0 aliphatic carbocycles. The Morgan fingerprint density at radius 1 is 1.24 bits per heavy atom. The number of fused-ring (bicyclic) bond motifs is 1. The summed E-state index contributed by atoms with van der Waals surface area (Å²) in [5.41, 5.74) is 2.69. The monoisotopic (exact) mass is 377 g/mol. The van der Waals surface area contributed by atoms with Crippen molar-refractivity contribution in [2.45, 2.75) is 13.0 Å². The third-order valence-corrected chi connectivity index (χ3v) is 5.60. The first-order valence-corrected chi connectivity index (χ1v) is 10.1. The molecule has 1 aliphatic rings. The van der Waals surface area contributed by atoms with Gasteiger partial charge in [0.25, 0.3) is 0 Å². The summed E-state index contributed by atoms with van der Waals surface area (Å²) in [7, 11) is -3.59. The summed E-state index contributed by atoms with van der Waals surface area (Å²) in [5, 5.41) is 0.507. The fraction of sp³-hybridized carbons (Fsp3) is 0.278. The van der Waals surface area contributed by atoms with Gasteiger partial charge in [-0.3, -0.25) is 9.10 Å². The number of carbonyl (C=O) groups is 1. The Bertz CT molecular complexity index is 881. The summed E-state index contributed by atoms with van der Waals surface area (Å²) >= 11 is 5.86. The number of hydrogen-bond donors (Lipinski definition) is 0. The molecule has 0 unspecified atom stereocenters. The van der Waals surface area contributed by atoms with Crippen molar-refractivity contribution in [1.82, 2.24) is 4.90 Å². The Balaban J connectivity index is 1.79. The molecular formula is C18H18ClN2O3S. The Kier molecular flexibility index (Phi) is 5.01. The maximum Gasteiger partial charge on any atom is 0.243 e. The normalized spacial score (nSPS) is 14.1. The van der Waals surface area contributed by atoms with Crippen LogP contribution in [0.2, 0.25) is 5.02 Å². The van der Waals surface area contributed by atoms with Crippen LogP contribution in [0.4, 0.5) is 5.69 Å². The van der Waals surface area contributed by atoms with E-state index in [0.29, 0.717) is 23.8 Å². The van der Waals surface area contributed by atoms with Gasteiger partial charge in [0.1, 0.15) is 6.54 Å². The van der Waals surface area contributed by atoms with Gasteiger partial charge in [-0.05, 0) is 53.9 Å². The molecule has 0 fully saturated rings. The van der Waals surface area contributed by atoms with Gasteiger partial charge in [-0.1, -0.05) is 23.7 Å². The number of hydrogen-bond acceptors (Lipinski definition) is 3. The Morgan fingerprint density at radius 2 is 1.96 bits per heavy atom. The van der Waals surface area contributed by atoms with Crippen molar-refractivity contribution in [3.8, 4) is 0 Å². The molecule has 131 valence electrons. The first-order valence-electron chi connectivity index (χ1n) is 7.83. The molecule has 0 saturated heterocycles. The average molecular weight is 378 g/mol. The Labute approximate surface area is 152 Å². The third-order valence-electron chi connectivity index (χ3n) is 4.21. The third kappa shape index (κ3) is 4.14. The molecule has 2 aromatic rings. The highest BCUT2D eigenvalue weighted by Crippen LogP contribution is 2.22. The van der Waals surface area contributed by atoms with Crippen molar-refractivity contribution in [3.63, 3.8) is 0 Å². The number of anilines is 1. The first kappa shape index (κ1) is 17.8. The lowest BCUT2D eigenvalue weighted by Gasteiger charge is -2.31. The topological polar surface area (TPSA) is 57.7 Å². The van der Waals surface area contributed by atoms with Gasteiger partial charge < -0.3 is 4.90 Å². The average Bonchev–Trinajstić information content (AvgIpc) is 2.59. The van der Waals surface area contributed by atoms with Crippen molar-refractivity contribution >= 4 is 33.2 Å². The quantitative estimate of drug-likeness (QED) is 0.822. The van der Waals surface area contributed by atoms with Gasteiger partial charge in [0.2, 0.25) is 15.9 Å².